The van der Waals surface area contributed by atoms with Crippen molar-refractivity contribution in [2.45, 2.75) is 51.8 Å². The van der Waals surface area contributed by atoms with E-state index in [-0.39, 0.29) is 11.8 Å². The smallest absolute Gasteiger partial charge is 0.229 e. The molecule has 0 fully saturated rings. The number of alkyl halides is 1. The van der Waals surface area contributed by atoms with Gasteiger partial charge in [0.25, 0.3) is 0 Å². The van der Waals surface area contributed by atoms with Crippen LogP contribution in [0.2, 0.25) is 0 Å². The number of anilines is 1. The lowest BCUT2D eigenvalue weighted by Gasteiger charge is -2.31. The summed E-state index contributed by atoms with van der Waals surface area (Å²) in [6.07, 6.45) is 3.19. The Labute approximate surface area is 137 Å². The molecule has 1 atom stereocenters. The molecular weight excluding hydrogens is 326 g/mol. The highest BCUT2D eigenvalue weighted by Crippen LogP contribution is 2.30. The van der Waals surface area contributed by atoms with Crippen molar-refractivity contribution in [1.82, 2.24) is 0 Å². The minimum Gasteiger partial charge on any atom is -0.312 e. The van der Waals surface area contributed by atoms with Crippen LogP contribution in [0.25, 0.3) is 0 Å². The van der Waals surface area contributed by atoms with Gasteiger partial charge in [0, 0.05) is 23.0 Å². The van der Waals surface area contributed by atoms with E-state index < -0.39 is 0 Å². The zero-order valence-corrected chi connectivity index (χ0v) is 15.1. The van der Waals surface area contributed by atoms with E-state index in [1.807, 2.05) is 18.7 Å². The number of rotatable bonds is 4. The molecule has 3 heteroatoms. The molecule has 21 heavy (non-hydrogen) atoms. The van der Waals surface area contributed by atoms with Crippen molar-refractivity contribution >= 4 is 27.5 Å². The summed E-state index contributed by atoms with van der Waals surface area (Å²) < 4.78 is 0. The topological polar surface area (TPSA) is 20.3 Å². The lowest BCUT2D eigenvalue weighted by atomic mass is 9.95. The molecule has 0 aromatic heterocycles. The minimum absolute atomic E-state index is 0.0588. The fourth-order valence-electron chi connectivity index (χ4n) is 2.78. The number of halogens is 1. The van der Waals surface area contributed by atoms with Crippen molar-refractivity contribution in [3.63, 3.8) is 0 Å². The van der Waals surface area contributed by atoms with Gasteiger partial charge < -0.3 is 4.90 Å². The van der Waals surface area contributed by atoms with E-state index in [9.17, 15) is 4.79 Å². The number of carbonyl (C=O) groups excluding carboxylic acids is 1. The van der Waals surface area contributed by atoms with Crippen LogP contribution in [0.1, 0.15) is 45.2 Å². The number of aryl methyl sites for hydroxylation is 1. The largest absolute Gasteiger partial charge is 0.312 e. The summed E-state index contributed by atoms with van der Waals surface area (Å²) in [5, 5.41) is 0. The summed E-state index contributed by atoms with van der Waals surface area (Å²) in [4.78, 5) is 14.8. The lowest BCUT2D eigenvalue weighted by molar-refractivity contribution is -0.121. The number of amides is 1. The maximum Gasteiger partial charge on any atom is 0.229 e. The van der Waals surface area contributed by atoms with E-state index in [2.05, 4.69) is 48.0 Å². The number of hydrogen-bond acceptors (Lipinski definition) is 1. The zero-order chi connectivity index (χ0) is 15.6. The first-order valence-electron chi connectivity index (χ1n) is 7.97. The number of hydrogen-bond donors (Lipinski definition) is 0. The Hall–Kier alpha value is -0.830. The third kappa shape index (κ3) is 3.88. The molecule has 1 aliphatic rings. The first-order chi connectivity index (χ1) is 9.90. The number of benzene rings is 1. The SMILES string of the molecule is CC(C)C(=O)N1CCCc2cc(CC(Br)C(C)C)ccc21. The van der Waals surface area contributed by atoms with Crippen LogP contribution in [0, 0.1) is 11.8 Å². The van der Waals surface area contributed by atoms with Crippen LogP contribution in [0.4, 0.5) is 5.69 Å². The van der Waals surface area contributed by atoms with Gasteiger partial charge >= 0.3 is 0 Å². The average Bonchev–Trinajstić information content (AvgIpc) is 2.45. The van der Waals surface area contributed by atoms with Gasteiger partial charge in [-0.25, -0.2) is 0 Å². The molecule has 2 nitrogen and oxygen atoms in total. The summed E-state index contributed by atoms with van der Waals surface area (Å²) in [5.74, 6) is 0.924. The standard InChI is InChI=1S/C18H26BrNO/c1-12(2)16(19)11-14-7-8-17-15(10-14)6-5-9-20(17)18(21)13(3)4/h7-8,10,12-13,16H,5-6,9,11H2,1-4H3. The Kier molecular flexibility index (Phi) is 5.48. The molecular formula is C18H26BrNO. The fraction of sp³-hybridized carbons (Fsp3) is 0.611. The molecule has 1 unspecified atom stereocenters. The Bertz CT molecular complexity index is 510. The van der Waals surface area contributed by atoms with Crippen LogP contribution in [0.15, 0.2) is 18.2 Å². The summed E-state index contributed by atoms with van der Waals surface area (Å²) >= 11 is 3.76. The molecule has 0 aliphatic carbocycles. The molecule has 1 aromatic rings. The average molecular weight is 352 g/mol. The van der Waals surface area contributed by atoms with Gasteiger partial charge in [-0.15, -0.1) is 0 Å². The molecule has 0 saturated heterocycles. The van der Waals surface area contributed by atoms with Crippen molar-refractivity contribution in [1.29, 1.82) is 0 Å². The van der Waals surface area contributed by atoms with Crippen LogP contribution < -0.4 is 4.90 Å². The quantitative estimate of drug-likeness (QED) is 0.726. The van der Waals surface area contributed by atoms with Crippen LogP contribution in [0.3, 0.4) is 0 Å². The van der Waals surface area contributed by atoms with Crippen molar-refractivity contribution in [2.24, 2.45) is 11.8 Å². The number of fused-ring (bicyclic) bond motifs is 1. The zero-order valence-electron chi connectivity index (χ0n) is 13.5. The maximum absolute atomic E-state index is 12.3. The molecule has 1 aliphatic heterocycles. The minimum atomic E-state index is 0.0588. The highest BCUT2D eigenvalue weighted by molar-refractivity contribution is 9.09. The second-order valence-corrected chi connectivity index (χ2v) is 7.85. The van der Waals surface area contributed by atoms with Crippen LogP contribution in [-0.2, 0) is 17.6 Å². The number of nitrogens with zero attached hydrogens (tertiary/aromatic N) is 1. The maximum atomic E-state index is 12.3. The molecule has 1 aromatic carbocycles. The van der Waals surface area contributed by atoms with E-state index >= 15 is 0 Å². The van der Waals surface area contributed by atoms with Crippen molar-refractivity contribution in [3.8, 4) is 0 Å². The van der Waals surface area contributed by atoms with Gasteiger partial charge in [-0.3, -0.25) is 4.79 Å². The third-order valence-electron chi connectivity index (χ3n) is 4.18. The first kappa shape index (κ1) is 16.5. The fourth-order valence-corrected chi connectivity index (χ4v) is 3.15. The van der Waals surface area contributed by atoms with Gasteiger partial charge in [0.05, 0.1) is 0 Å². The lowest BCUT2D eigenvalue weighted by Crippen LogP contribution is -2.38. The summed E-state index contributed by atoms with van der Waals surface area (Å²) in [6.45, 7) is 9.28. The predicted molar refractivity (Wildman–Crippen MR) is 93.2 cm³/mol. The van der Waals surface area contributed by atoms with E-state index in [1.165, 1.54) is 11.1 Å². The molecule has 2 rings (SSSR count). The summed E-state index contributed by atoms with van der Waals surface area (Å²) in [6, 6.07) is 6.62. The molecule has 0 N–H and O–H groups in total. The normalized spacial score (nSPS) is 16.2. The van der Waals surface area contributed by atoms with E-state index in [0.29, 0.717) is 10.7 Å². The van der Waals surface area contributed by atoms with Crippen LogP contribution >= 0.6 is 15.9 Å². The highest BCUT2D eigenvalue weighted by Gasteiger charge is 2.24. The van der Waals surface area contributed by atoms with E-state index in [1.54, 1.807) is 0 Å². The van der Waals surface area contributed by atoms with Gasteiger partial charge in [0.1, 0.15) is 0 Å². The first-order valence-corrected chi connectivity index (χ1v) is 8.89. The molecule has 1 heterocycles. The van der Waals surface area contributed by atoms with Gasteiger partial charge in [-0.05, 0) is 42.4 Å². The van der Waals surface area contributed by atoms with E-state index in [0.717, 1.165) is 31.5 Å². The Morgan fingerprint density at radius 1 is 1.29 bits per heavy atom. The molecule has 0 spiro atoms. The van der Waals surface area contributed by atoms with Crippen molar-refractivity contribution < 1.29 is 4.79 Å². The van der Waals surface area contributed by atoms with Gasteiger partial charge in [-0.2, -0.15) is 0 Å². The van der Waals surface area contributed by atoms with Gasteiger partial charge in [-0.1, -0.05) is 55.8 Å². The summed E-state index contributed by atoms with van der Waals surface area (Å²) in [7, 11) is 0. The van der Waals surface area contributed by atoms with Crippen molar-refractivity contribution in [2.75, 3.05) is 11.4 Å². The molecule has 1 amide bonds. The Balaban J connectivity index is 2.22. The second-order valence-electron chi connectivity index (χ2n) is 6.68. The monoisotopic (exact) mass is 351 g/mol. The highest BCUT2D eigenvalue weighted by atomic mass is 79.9. The van der Waals surface area contributed by atoms with Crippen molar-refractivity contribution in [3.05, 3.63) is 29.3 Å². The molecule has 0 saturated carbocycles. The summed E-state index contributed by atoms with van der Waals surface area (Å²) in [5.41, 5.74) is 3.82. The molecule has 0 bridgehead atoms. The number of carbonyl (C=O) groups is 1. The molecule has 0 radical (unpaired) electrons. The Morgan fingerprint density at radius 3 is 2.62 bits per heavy atom. The van der Waals surface area contributed by atoms with E-state index in [4.69, 9.17) is 0 Å². The third-order valence-corrected chi connectivity index (χ3v) is 5.56. The van der Waals surface area contributed by atoms with Crippen LogP contribution in [0.5, 0.6) is 0 Å². The van der Waals surface area contributed by atoms with Crippen LogP contribution in [-0.4, -0.2) is 17.3 Å². The Morgan fingerprint density at radius 2 is 2.00 bits per heavy atom. The van der Waals surface area contributed by atoms with Gasteiger partial charge in [0.2, 0.25) is 5.91 Å². The predicted octanol–water partition coefficient (Wildman–Crippen LogP) is 4.58. The second kappa shape index (κ2) is 6.95. The van der Waals surface area contributed by atoms with Gasteiger partial charge in [0.15, 0.2) is 0 Å². The molecule has 116 valence electrons.